The van der Waals surface area contributed by atoms with Gasteiger partial charge in [0.1, 0.15) is 0 Å². The fraction of sp³-hybridized carbons (Fsp3) is 0.933. The van der Waals surface area contributed by atoms with Gasteiger partial charge in [-0.25, -0.2) is 0 Å². The van der Waals surface area contributed by atoms with Crippen molar-refractivity contribution < 1.29 is 0 Å². The summed E-state index contributed by atoms with van der Waals surface area (Å²) in [7, 11) is 0. The van der Waals surface area contributed by atoms with Gasteiger partial charge in [0.25, 0.3) is 0 Å². The van der Waals surface area contributed by atoms with E-state index in [1.54, 1.807) is 0 Å². The van der Waals surface area contributed by atoms with Crippen molar-refractivity contribution in [1.82, 2.24) is 0 Å². The second-order valence-corrected chi connectivity index (χ2v) is 9.99. The highest BCUT2D eigenvalue weighted by molar-refractivity contribution is 4.81. The van der Waals surface area contributed by atoms with Crippen LogP contribution in [0.3, 0.4) is 0 Å². The molecule has 0 spiro atoms. The Labute approximate surface area is 193 Å². The number of hydrogen-bond acceptors (Lipinski definition) is 0. The fourth-order valence-electron chi connectivity index (χ4n) is 4.78. The highest BCUT2D eigenvalue weighted by Gasteiger charge is 2.05. The van der Waals surface area contributed by atoms with Crippen LogP contribution in [-0.2, 0) is 0 Å². The molecule has 0 nitrogen and oxygen atoms in total. The van der Waals surface area contributed by atoms with E-state index in [2.05, 4.69) is 39.8 Å². The maximum atomic E-state index is 2.46. The Morgan fingerprint density at radius 2 is 0.733 bits per heavy atom. The molecule has 0 amide bonds. The van der Waals surface area contributed by atoms with Crippen molar-refractivity contribution in [3.05, 3.63) is 12.2 Å². The van der Waals surface area contributed by atoms with E-state index in [4.69, 9.17) is 0 Å². The van der Waals surface area contributed by atoms with E-state index in [-0.39, 0.29) is 0 Å². The lowest BCUT2D eigenvalue weighted by atomic mass is 9.93. The van der Waals surface area contributed by atoms with E-state index in [1.807, 2.05) is 0 Å². The van der Waals surface area contributed by atoms with Gasteiger partial charge in [-0.1, -0.05) is 155 Å². The molecule has 30 heavy (non-hydrogen) atoms. The minimum Gasteiger partial charge on any atom is -0.0885 e. The third-order valence-corrected chi connectivity index (χ3v) is 7.22. The summed E-state index contributed by atoms with van der Waals surface area (Å²) in [6, 6.07) is 0. The molecule has 2 atom stereocenters. The van der Waals surface area contributed by atoms with Gasteiger partial charge in [0.2, 0.25) is 0 Å². The SMILES string of the molecule is CCCCC(CC)CCCCCC=CCCCCCCCCCC(CC)CCCC. The highest BCUT2D eigenvalue weighted by atomic mass is 14.1. The van der Waals surface area contributed by atoms with Crippen LogP contribution in [0, 0.1) is 11.8 Å². The van der Waals surface area contributed by atoms with Gasteiger partial charge in [-0.15, -0.1) is 0 Å². The summed E-state index contributed by atoms with van der Waals surface area (Å²) in [4.78, 5) is 0. The maximum absolute atomic E-state index is 2.46. The van der Waals surface area contributed by atoms with Gasteiger partial charge in [0, 0.05) is 0 Å². The van der Waals surface area contributed by atoms with E-state index in [1.165, 1.54) is 141 Å². The van der Waals surface area contributed by atoms with E-state index >= 15 is 0 Å². The first-order valence-electron chi connectivity index (χ1n) is 14.4. The summed E-state index contributed by atoms with van der Waals surface area (Å²) in [6.45, 7) is 9.39. The van der Waals surface area contributed by atoms with Gasteiger partial charge >= 0.3 is 0 Å². The van der Waals surface area contributed by atoms with Crippen LogP contribution < -0.4 is 0 Å². The normalized spacial score (nSPS) is 13.9. The monoisotopic (exact) mass is 420 g/mol. The molecule has 0 saturated carbocycles. The van der Waals surface area contributed by atoms with Gasteiger partial charge in [0.05, 0.1) is 0 Å². The Hall–Kier alpha value is -0.260. The second-order valence-electron chi connectivity index (χ2n) is 9.99. The van der Waals surface area contributed by atoms with Crippen molar-refractivity contribution >= 4 is 0 Å². The third kappa shape index (κ3) is 21.0. The van der Waals surface area contributed by atoms with Gasteiger partial charge in [-0.05, 0) is 37.5 Å². The summed E-state index contributed by atoms with van der Waals surface area (Å²) < 4.78 is 0. The molecular formula is C30H60. The quantitative estimate of drug-likeness (QED) is 0.107. The van der Waals surface area contributed by atoms with Crippen LogP contribution in [-0.4, -0.2) is 0 Å². The van der Waals surface area contributed by atoms with E-state index in [0.29, 0.717) is 0 Å². The number of unbranched alkanes of at least 4 members (excludes halogenated alkanes) is 12. The zero-order valence-electron chi connectivity index (χ0n) is 21.9. The number of hydrogen-bond donors (Lipinski definition) is 0. The molecule has 0 aliphatic rings. The van der Waals surface area contributed by atoms with Crippen LogP contribution in [0.1, 0.15) is 169 Å². The van der Waals surface area contributed by atoms with E-state index in [9.17, 15) is 0 Å². The molecule has 0 aromatic rings. The molecule has 0 aliphatic heterocycles. The average Bonchev–Trinajstić information content (AvgIpc) is 2.77. The predicted octanol–water partition coefficient (Wildman–Crippen LogP) is 11.4. The third-order valence-electron chi connectivity index (χ3n) is 7.22. The lowest BCUT2D eigenvalue weighted by Crippen LogP contribution is -1.98. The first kappa shape index (κ1) is 29.7. The molecule has 0 radical (unpaired) electrons. The van der Waals surface area contributed by atoms with Crippen molar-refractivity contribution in [3.8, 4) is 0 Å². The van der Waals surface area contributed by atoms with Crippen molar-refractivity contribution in [3.63, 3.8) is 0 Å². The molecule has 0 aliphatic carbocycles. The molecule has 0 rings (SSSR count). The highest BCUT2D eigenvalue weighted by Crippen LogP contribution is 2.21. The Kier molecular flexibility index (Phi) is 24.8. The average molecular weight is 421 g/mol. The maximum Gasteiger partial charge on any atom is -0.0351 e. The largest absolute Gasteiger partial charge is 0.0885 e. The summed E-state index contributed by atoms with van der Waals surface area (Å²) in [5.41, 5.74) is 0. The lowest BCUT2D eigenvalue weighted by Gasteiger charge is -2.13. The molecule has 2 unspecified atom stereocenters. The Morgan fingerprint density at radius 1 is 0.400 bits per heavy atom. The van der Waals surface area contributed by atoms with Crippen LogP contribution in [0.5, 0.6) is 0 Å². The summed E-state index contributed by atoms with van der Waals surface area (Å²) in [5.74, 6) is 2.01. The Balaban J connectivity index is 3.32. The van der Waals surface area contributed by atoms with Gasteiger partial charge in [0.15, 0.2) is 0 Å². The molecule has 0 fully saturated rings. The van der Waals surface area contributed by atoms with E-state index in [0.717, 1.165) is 11.8 Å². The minimum atomic E-state index is 1.000. The van der Waals surface area contributed by atoms with Crippen LogP contribution in [0.4, 0.5) is 0 Å². The zero-order valence-corrected chi connectivity index (χ0v) is 21.9. The molecule has 0 saturated heterocycles. The summed E-state index contributed by atoms with van der Waals surface area (Å²) in [6.07, 6.45) is 36.3. The first-order valence-corrected chi connectivity index (χ1v) is 14.4. The van der Waals surface area contributed by atoms with Crippen molar-refractivity contribution in [1.29, 1.82) is 0 Å². The van der Waals surface area contributed by atoms with Gasteiger partial charge in [-0.3, -0.25) is 0 Å². The second kappa shape index (κ2) is 25.0. The van der Waals surface area contributed by atoms with Crippen molar-refractivity contribution in [2.75, 3.05) is 0 Å². The van der Waals surface area contributed by atoms with Gasteiger partial charge < -0.3 is 0 Å². The molecule has 0 bridgehead atoms. The van der Waals surface area contributed by atoms with Crippen LogP contribution in [0.25, 0.3) is 0 Å². The van der Waals surface area contributed by atoms with Crippen molar-refractivity contribution in [2.45, 2.75) is 169 Å². The first-order chi connectivity index (χ1) is 14.8. The van der Waals surface area contributed by atoms with E-state index < -0.39 is 0 Å². The number of allylic oxidation sites excluding steroid dienone is 2. The summed E-state index contributed by atoms with van der Waals surface area (Å²) >= 11 is 0. The lowest BCUT2D eigenvalue weighted by molar-refractivity contribution is 0.399. The Morgan fingerprint density at radius 3 is 1.13 bits per heavy atom. The topological polar surface area (TPSA) is 0 Å². The number of rotatable bonds is 24. The predicted molar refractivity (Wildman–Crippen MR) is 140 cm³/mol. The summed E-state index contributed by atoms with van der Waals surface area (Å²) in [5, 5.41) is 0. The molecule has 0 N–H and O–H groups in total. The standard InChI is InChI=1S/C30H60/c1-5-9-25-29(7-3)27-23-21-19-17-15-13-11-12-14-16-18-20-22-24-28-30(8-4)26-10-6-2/h13,15,29-30H,5-12,14,16-28H2,1-4H3. The molecule has 0 heteroatoms. The zero-order chi connectivity index (χ0) is 22.1. The van der Waals surface area contributed by atoms with Crippen molar-refractivity contribution in [2.24, 2.45) is 11.8 Å². The molecular weight excluding hydrogens is 360 g/mol. The molecule has 0 aromatic heterocycles. The smallest absolute Gasteiger partial charge is 0.0351 e. The minimum absolute atomic E-state index is 1.000. The molecule has 0 aromatic carbocycles. The fourth-order valence-corrected chi connectivity index (χ4v) is 4.78. The van der Waals surface area contributed by atoms with Crippen LogP contribution >= 0.6 is 0 Å². The molecule has 0 heterocycles. The molecule has 180 valence electrons. The van der Waals surface area contributed by atoms with Crippen LogP contribution in [0.15, 0.2) is 12.2 Å². The van der Waals surface area contributed by atoms with Gasteiger partial charge in [-0.2, -0.15) is 0 Å². The Bertz CT molecular complexity index is 329. The van der Waals surface area contributed by atoms with Crippen LogP contribution in [0.2, 0.25) is 0 Å².